The summed E-state index contributed by atoms with van der Waals surface area (Å²) < 4.78 is 56.2. The summed E-state index contributed by atoms with van der Waals surface area (Å²) in [6, 6.07) is 14.9. The fraction of sp³-hybridized carbons (Fsp3) is 0.440. The summed E-state index contributed by atoms with van der Waals surface area (Å²) in [5.74, 6) is 0. The summed E-state index contributed by atoms with van der Waals surface area (Å²) in [5, 5.41) is 10.4. The molecule has 0 unspecified atom stereocenters. The monoisotopic (exact) mass is 460 g/mol. The lowest BCUT2D eigenvalue weighted by atomic mass is 10.0. The number of benzene rings is 2. The molecule has 2 aliphatic rings. The van der Waals surface area contributed by atoms with Gasteiger partial charge in [-0.05, 0) is 55.1 Å². The molecule has 0 amide bonds. The molecule has 2 heterocycles. The van der Waals surface area contributed by atoms with Crippen LogP contribution in [0.3, 0.4) is 0 Å². The number of piperidine rings is 1. The van der Waals surface area contributed by atoms with Crippen molar-refractivity contribution in [3.8, 4) is 11.3 Å². The Morgan fingerprint density at radius 3 is 2.52 bits per heavy atom. The zero-order chi connectivity index (χ0) is 23.0. The van der Waals surface area contributed by atoms with Gasteiger partial charge in [-0.2, -0.15) is 13.2 Å². The lowest BCUT2D eigenvalue weighted by Gasteiger charge is -2.28. The summed E-state index contributed by atoms with van der Waals surface area (Å²) in [6.45, 7) is 0.650. The van der Waals surface area contributed by atoms with E-state index in [9.17, 15) is 17.6 Å². The minimum absolute atomic E-state index is 0.274. The fourth-order valence-corrected chi connectivity index (χ4v) is 4.53. The molecule has 0 radical (unpaired) electrons. The molecule has 5 rings (SSSR count). The summed E-state index contributed by atoms with van der Waals surface area (Å²) in [4.78, 5) is 0. The van der Waals surface area contributed by atoms with Crippen LogP contribution in [0.4, 0.5) is 23.2 Å². The molecular weight excluding hydrogens is 432 g/mol. The van der Waals surface area contributed by atoms with Gasteiger partial charge in [-0.25, -0.2) is 4.39 Å². The third kappa shape index (κ3) is 5.17. The second-order valence-corrected chi connectivity index (χ2v) is 9.08. The molecule has 2 aromatic carbocycles. The molecule has 1 aromatic heterocycles. The van der Waals surface area contributed by atoms with Crippen LogP contribution in [-0.4, -0.2) is 42.1 Å². The van der Waals surface area contributed by atoms with Gasteiger partial charge in [0, 0.05) is 35.9 Å². The van der Waals surface area contributed by atoms with Crippen molar-refractivity contribution in [1.82, 2.24) is 15.2 Å². The quantitative estimate of drug-likeness (QED) is 0.423. The van der Waals surface area contributed by atoms with Crippen LogP contribution in [0.15, 0.2) is 48.5 Å². The van der Waals surface area contributed by atoms with Crippen molar-refractivity contribution in [2.24, 2.45) is 0 Å². The fourth-order valence-electron chi connectivity index (χ4n) is 4.53. The predicted octanol–water partition coefficient (Wildman–Crippen LogP) is 5.23. The number of hydrogen-bond donors (Lipinski definition) is 3. The molecule has 1 saturated heterocycles. The van der Waals surface area contributed by atoms with Crippen molar-refractivity contribution in [3.63, 3.8) is 0 Å². The Labute approximate surface area is 190 Å². The lowest BCUT2D eigenvalue weighted by Crippen LogP contribution is -2.45. The largest absolute Gasteiger partial charge is 0.406 e. The zero-order valence-corrected chi connectivity index (χ0v) is 18.3. The number of alkyl halides is 4. The smallest absolute Gasteiger partial charge is 0.379 e. The van der Waals surface area contributed by atoms with E-state index in [2.05, 4.69) is 16.0 Å². The second-order valence-electron chi connectivity index (χ2n) is 9.08. The summed E-state index contributed by atoms with van der Waals surface area (Å²) in [7, 11) is 0. The van der Waals surface area contributed by atoms with E-state index in [0.29, 0.717) is 41.3 Å². The Morgan fingerprint density at radius 2 is 1.82 bits per heavy atom. The minimum atomic E-state index is -4.36. The van der Waals surface area contributed by atoms with Crippen molar-refractivity contribution in [3.05, 3.63) is 54.1 Å². The summed E-state index contributed by atoms with van der Waals surface area (Å²) in [5.41, 5.74) is 3.47. The minimum Gasteiger partial charge on any atom is -0.379 e. The van der Waals surface area contributed by atoms with Crippen LogP contribution in [0.5, 0.6) is 0 Å². The van der Waals surface area contributed by atoms with Crippen LogP contribution < -0.4 is 16.0 Å². The maximum absolute atomic E-state index is 14.4. The van der Waals surface area contributed by atoms with Gasteiger partial charge in [-0.3, -0.25) is 0 Å². The van der Waals surface area contributed by atoms with E-state index in [0.717, 1.165) is 17.7 Å². The molecule has 4 nitrogen and oxygen atoms in total. The van der Waals surface area contributed by atoms with E-state index < -0.39 is 18.9 Å². The van der Waals surface area contributed by atoms with Crippen molar-refractivity contribution in [2.45, 2.75) is 56.8 Å². The van der Waals surface area contributed by atoms with E-state index >= 15 is 0 Å². The first-order chi connectivity index (χ1) is 15.9. The van der Waals surface area contributed by atoms with Crippen molar-refractivity contribution < 1.29 is 17.6 Å². The first-order valence-corrected chi connectivity index (χ1v) is 11.5. The molecule has 1 aliphatic carbocycles. The van der Waals surface area contributed by atoms with E-state index in [1.807, 2.05) is 30.3 Å². The van der Waals surface area contributed by atoms with E-state index in [4.69, 9.17) is 0 Å². The Kier molecular flexibility index (Phi) is 6.05. The molecule has 0 spiro atoms. The first kappa shape index (κ1) is 22.2. The topological polar surface area (TPSA) is 41.0 Å². The van der Waals surface area contributed by atoms with Crippen LogP contribution in [0, 0.1) is 0 Å². The molecule has 8 heteroatoms. The van der Waals surface area contributed by atoms with Gasteiger partial charge in [-0.15, -0.1) is 0 Å². The van der Waals surface area contributed by atoms with Crippen LogP contribution in [0.25, 0.3) is 22.2 Å². The van der Waals surface area contributed by atoms with Crippen LogP contribution in [0.2, 0.25) is 0 Å². The lowest BCUT2D eigenvalue weighted by molar-refractivity contribution is -0.139. The highest BCUT2D eigenvalue weighted by Gasteiger charge is 2.31. The molecule has 3 N–H and O–H groups in total. The third-order valence-corrected chi connectivity index (χ3v) is 6.45. The number of anilines is 1. The van der Waals surface area contributed by atoms with Crippen LogP contribution in [-0.2, 0) is 13.1 Å². The number of rotatable bonds is 7. The number of nitrogens with one attached hydrogen (secondary N) is 3. The van der Waals surface area contributed by atoms with E-state index in [-0.39, 0.29) is 12.6 Å². The van der Waals surface area contributed by atoms with Gasteiger partial charge in [0.2, 0.25) is 0 Å². The number of aromatic nitrogens is 1. The molecule has 0 bridgehead atoms. The number of halogens is 4. The standard InChI is InChI=1S/C25H28F4N4/c26-20-14-30-11-10-22(20)32-21-2-1-3-23-19(21)12-24(33(23)15-25(27,28)29)17-6-4-16(5-7-17)13-31-18-8-9-18/h1-7,12,18,20,22,30-32H,8-11,13-15H2/t20-,22+/m1/s1. The molecule has 33 heavy (non-hydrogen) atoms. The van der Waals surface area contributed by atoms with Gasteiger partial charge in [0.05, 0.1) is 11.6 Å². The van der Waals surface area contributed by atoms with Crippen LogP contribution >= 0.6 is 0 Å². The van der Waals surface area contributed by atoms with Crippen LogP contribution in [0.1, 0.15) is 24.8 Å². The van der Waals surface area contributed by atoms with Crippen molar-refractivity contribution >= 4 is 16.6 Å². The van der Waals surface area contributed by atoms with Crippen molar-refractivity contribution in [2.75, 3.05) is 18.4 Å². The summed E-state index contributed by atoms with van der Waals surface area (Å²) in [6.07, 6.45) is -2.40. The Bertz CT molecular complexity index is 1100. The summed E-state index contributed by atoms with van der Waals surface area (Å²) >= 11 is 0. The van der Waals surface area contributed by atoms with Gasteiger partial charge in [0.25, 0.3) is 0 Å². The number of nitrogens with zero attached hydrogens (tertiary/aromatic N) is 1. The highest BCUT2D eigenvalue weighted by Crippen LogP contribution is 2.36. The number of fused-ring (bicyclic) bond motifs is 1. The first-order valence-electron chi connectivity index (χ1n) is 11.5. The number of hydrogen-bond acceptors (Lipinski definition) is 3. The molecule has 2 atom stereocenters. The molecule has 176 valence electrons. The molecule has 1 aliphatic heterocycles. The van der Waals surface area contributed by atoms with Crippen molar-refractivity contribution in [1.29, 1.82) is 0 Å². The SMILES string of the molecule is F[C@@H]1CNCC[C@@H]1Nc1cccc2c1cc(-c1ccc(CNC3CC3)cc1)n2CC(F)(F)F. The highest BCUT2D eigenvalue weighted by atomic mass is 19.4. The zero-order valence-electron chi connectivity index (χ0n) is 18.3. The predicted molar refractivity (Wildman–Crippen MR) is 123 cm³/mol. The van der Waals surface area contributed by atoms with Gasteiger partial charge in [0.1, 0.15) is 12.7 Å². The maximum Gasteiger partial charge on any atom is 0.406 e. The van der Waals surface area contributed by atoms with Gasteiger partial charge in [-0.1, -0.05) is 30.3 Å². The molecule has 2 fully saturated rings. The molecule has 3 aromatic rings. The normalized spacial score (nSPS) is 21.5. The Morgan fingerprint density at radius 1 is 1.03 bits per heavy atom. The molecule has 1 saturated carbocycles. The third-order valence-electron chi connectivity index (χ3n) is 6.45. The van der Waals surface area contributed by atoms with Gasteiger partial charge in [0.15, 0.2) is 0 Å². The highest BCUT2D eigenvalue weighted by molar-refractivity contribution is 5.96. The average Bonchev–Trinajstić information content (AvgIpc) is 3.55. The van der Waals surface area contributed by atoms with Gasteiger partial charge >= 0.3 is 6.18 Å². The Hall–Kier alpha value is -2.58. The molecular formula is C25H28F4N4. The van der Waals surface area contributed by atoms with E-state index in [1.165, 1.54) is 17.4 Å². The Balaban J connectivity index is 1.50. The average molecular weight is 461 g/mol. The van der Waals surface area contributed by atoms with Gasteiger partial charge < -0.3 is 20.5 Å². The maximum atomic E-state index is 14.4. The van der Waals surface area contributed by atoms with E-state index in [1.54, 1.807) is 18.2 Å². The second kappa shape index (κ2) is 8.99.